The number of fused-ring (bicyclic) bond motifs is 1. The Balaban J connectivity index is 1.76. The molecule has 0 radical (unpaired) electrons. The number of nitrogens with zero attached hydrogens (tertiary/aromatic N) is 4. The number of hydrogen-bond donors (Lipinski definition) is 2. The molecule has 2 aromatic heterocycles. The molecule has 3 aromatic rings. The number of esters is 1. The Kier molecular flexibility index (Phi) is 5.50. The third kappa shape index (κ3) is 4.59. The molecule has 0 aliphatic carbocycles. The number of aryl methyl sites for hydroxylation is 1. The number of benzene rings is 1. The summed E-state index contributed by atoms with van der Waals surface area (Å²) >= 11 is 0. The fourth-order valence-corrected chi connectivity index (χ4v) is 2.73. The molecule has 0 bridgehead atoms. The number of ether oxygens (including phenoxy) is 1. The van der Waals surface area contributed by atoms with Gasteiger partial charge < -0.3 is 15.2 Å². The molecule has 0 saturated heterocycles. The molecule has 156 valence electrons. The van der Waals surface area contributed by atoms with Crippen LogP contribution in [-0.4, -0.2) is 48.1 Å². The monoisotopic (exact) mass is 411 g/mol. The zero-order valence-corrected chi connectivity index (χ0v) is 17.0. The predicted molar refractivity (Wildman–Crippen MR) is 105 cm³/mol. The number of aromatic nitrogens is 4. The van der Waals surface area contributed by atoms with E-state index in [9.17, 15) is 14.4 Å². The van der Waals surface area contributed by atoms with Crippen LogP contribution in [0.15, 0.2) is 30.5 Å². The van der Waals surface area contributed by atoms with Gasteiger partial charge in [0.25, 0.3) is 5.91 Å². The standard InChI is InChI=1S/C20H21N5O5/c1-11-9-12(5-6-13(11)19(29)30-20(2,3)4)10-21-17(26)16-24-15(18(27)28)23-14-7-8-22-25(14)16/h5-9H,10H2,1-4H3,(H,21,26)(H,27,28). The van der Waals surface area contributed by atoms with Crippen LogP contribution >= 0.6 is 0 Å². The fraction of sp³-hybridized carbons (Fsp3) is 0.300. The molecule has 2 heterocycles. The highest BCUT2D eigenvalue weighted by atomic mass is 16.6. The maximum Gasteiger partial charge on any atom is 0.374 e. The molecule has 0 fully saturated rings. The van der Waals surface area contributed by atoms with Gasteiger partial charge in [-0.05, 0) is 44.9 Å². The van der Waals surface area contributed by atoms with E-state index in [1.807, 2.05) is 0 Å². The van der Waals surface area contributed by atoms with Crippen LogP contribution in [0.2, 0.25) is 0 Å². The summed E-state index contributed by atoms with van der Waals surface area (Å²) in [6.45, 7) is 7.31. The van der Waals surface area contributed by atoms with Gasteiger partial charge in [-0.1, -0.05) is 12.1 Å². The molecule has 3 rings (SSSR count). The smallest absolute Gasteiger partial charge is 0.374 e. The highest BCUT2D eigenvalue weighted by molar-refractivity contribution is 5.93. The van der Waals surface area contributed by atoms with Crippen LogP contribution in [0, 0.1) is 6.92 Å². The Labute approximate surface area is 171 Å². The largest absolute Gasteiger partial charge is 0.475 e. The number of amides is 1. The Bertz CT molecular complexity index is 1150. The molecule has 30 heavy (non-hydrogen) atoms. The molecular formula is C20H21N5O5. The molecule has 10 heteroatoms. The lowest BCUT2D eigenvalue weighted by Gasteiger charge is -2.20. The lowest BCUT2D eigenvalue weighted by Crippen LogP contribution is -2.28. The second-order valence-corrected chi connectivity index (χ2v) is 7.61. The van der Waals surface area contributed by atoms with Crippen molar-refractivity contribution in [1.29, 1.82) is 0 Å². The summed E-state index contributed by atoms with van der Waals surface area (Å²) in [5, 5.41) is 15.8. The minimum atomic E-state index is -1.35. The van der Waals surface area contributed by atoms with Crippen molar-refractivity contribution in [2.45, 2.75) is 39.8 Å². The van der Waals surface area contributed by atoms with Crippen LogP contribution in [0.1, 0.15) is 63.5 Å². The van der Waals surface area contributed by atoms with Crippen molar-refractivity contribution in [3.63, 3.8) is 0 Å². The number of carboxylic acids is 1. The highest BCUT2D eigenvalue weighted by Gasteiger charge is 2.21. The fourth-order valence-electron chi connectivity index (χ4n) is 2.73. The van der Waals surface area contributed by atoms with Crippen LogP contribution in [0.3, 0.4) is 0 Å². The number of carbonyl (C=O) groups excluding carboxylic acids is 2. The third-order valence-electron chi connectivity index (χ3n) is 4.01. The van der Waals surface area contributed by atoms with Gasteiger partial charge >= 0.3 is 11.9 Å². The average Bonchev–Trinajstić information content (AvgIpc) is 3.12. The summed E-state index contributed by atoms with van der Waals surface area (Å²) < 4.78 is 6.55. The van der Waals surface area contributed by atoms with E-state index in [1.54, 1.807) is 45.9 Å². The van der Waals surface area contributed by atoms with Crippen molar-refractivity contribution in [3.8, 4) is 0 Å². The number of nitrogens with one attached hydrogen (secondary N) is 1. The summed E-state index contributed by atoms with van der Waals surface area (Å²) in [5.41, 5.74) is 1.50. The van der Waals surface area contributed by atoms with E-state index >= 15 is 0 Å². The Morgan fingerprint density at radius 1 is 1.17 bits per heavy atom. The number of hydrogen-bond acceptors (Lipinski definition) is 7. The molecule has 0 aliphatic heterocycles. The predicted octanol–water partition coefficient (Wildman–Crippen LogP) is 2.02. The van der Waals surface area contributed by atoms with Gasteiger partial charge in [0, 0.05) is 12.6 Å². The summed E-state index contributed by atoms with van der Waals surface area (Å²) in [5.74, 6) is -3.06. The topological polar surface area (TPSA) is 136 Å². The Hall–Kier alpha value is -3.82. The van der Waals surface area contributed by atoms with E-state index in [-0.39, 0.29) is 18.0 Å². The molecular weight excluding hydrogens is 390 g/mol. The third-order valence-corrected chi connectivity index (χ3v) is 4.01. The molecule has 0 aliphatic rings. The first-order valence-electron chi connectivity index (χ1n) is 9.11. The molecule has 10 nitrogen and oxygen atoms in total. The SMILES string of the molecule is Cc1cc(CNC(=O)c2nc(C(=O)O)nc3ccnn23)ccc1C(=O)OC(C)(C)C. The number of carbonyl (C=O) groups is 3. The van der Waals surface area contributed by atoms with Gasteiger partial charge in [-0.25, -0.2) is 14.6 Å². The molecule has 0 atom stereocenters. The van der Waals surface area contributed by atoms with Crippen molar-refractivity contribution < 1.29 is 24.2 Å². The average molecular weight is 411 g/mol. The van der Waals surface area contributed by atoms with Crippen LogP contribution in [0.25, 0.3) is 5.65 Å². The van der Waals surface area contributed by atoms with E-state index in [0.29, 0.717) is 11.1 Å². The van der Waals surface area contributed by atoms with Crippen LogP contribution in [0.5, 0.6) is 0 Å². The van der Waals surface area contributed by atoms with Gasteiger partial charge in [-0.2, -0.15) is 14.6 Å². The molecule has 0 spiro atoms. The van der Waals surface area contributed by atoms with Crippen molar-refractivity contribution in [2.75, 3.05) is 0 Å². The first-order chi connectivity index (χ1) is 14.0. The Morgan fingerprint density at radius 2 is 1.90 bits per heavy atom. The van der Waals surface area contributed by atoms with Crippen molar-refractivity contribution in [2.24, 2.45) is 0 Å². The lowest BCUT2D eigenvalue weighted by atomic mass is 10.0. The quantitative estimate of drug-likeness (QED) is 0.609. The van der Waals surface area contributed by atoms with Crippen LogP contribution in [0.4, 0.5) is 0 Å². The normalized spacial score (nSPS) is 11.3. The first kappa shape index (κ1) is 20.9. The number of aromatic carboxylic acids is 1. The Morgan fingerprint density at radius 3 is 2.53 bits per heavy atom. The molecule has 0 unspecified atom stereocenters. The molecule has 0 saturated carbocycles. The number of carboxylic acid groups (broad SMARTS) is 1. The van der Waals surface area contributed by atoms with Gasteiger partial charge in [-0.15, -0.1) is 0 Å². The summed E-state index contributed by atoms with van der Waals surface area (Å²) in [4.78, 5) is 43.7. The van der Waals surface area contributed by atoms with Gasteiger partial charge in [0.05, 0.1) is 11.8 Å². The van der Waals surface area contributed by atoms with Gasteiger partial charge in [-0.3, -0.25) is 4.79 Å². The van der Waals surface area contributed by atoms with Gasteiger partial charge in [0.2, 0.25) is 11.6 Å². The first-order valence-corrected chi connectivity index (χ1v) is 9.11. The van der Waals surface area contributed by atoms with E-state index in [1.165, 1.54) is 16.8 Å². The summed E-state index contributed by atoms with van der Waals surface area (Å²) in [6.07, 6.45) is 1.39. The van der Waals surface area contributed by atoms with Gasteiger partial charge in [0.1, 0.15) is 5.60 Å². The van der Waals surface area contributed by atoms with Crippen LogP contribution < -0.4 is 5.32 Å². The number of rotatable bonds is 5. The maximum atomic E-state index is 12.6. The van der Waals surface area contributed by atoms with Crippen molar-refractivity contribution in [1.82, 2.24) is 24.9 Å². The van der Waals surface area contributed by atoms with Crippen LogP contribution in [-0.2, 0) is 11.3 Å². The maximum absolute atomic E-state index is 12.6. The minimum absolute atomic E-state index is 0.142. The van der Waals surface area contributed by atoms with Gasteiger partial charge in [0.15, 0.2) is 5.65 Å². The zero-order valence-electron chi connectivity index (χ0n) is 17.0. The lowest BCUT2D eigenvalue weighted by molar-refractivity contribution is 0.00684. The van der Waals surface area contributed by atoms with E-state index < -0.39 is 29.3 Å². The van der Waals surface area contributed by atoms with E-state index in [0.717, 1.165) is 5.56 Å². The van der Waals surface area contributed by atoms with E-state index in [2.05, 4.69) is 20.4 Å². The van der Waals surface area contributed by atoms with Crippen molar-refractivity contribution >= 4 is 23.5 Å². The second kappa shape index (κ2) is 7.90. The summed E-state index contributed by atoms with van der Waals surface area (Å²) in [7, 11) is 0. The summed E-state index contributed by atoms with van der Waals surface area (Å²) in [6, 6.07) is 6.60. The molecule has 2 N–H and O–H groups in total. The zero-order chi connectivity index (χ0) is 22.1. The molecule has 1 amide bonds. The highest BCUT2D eigenvalue weighted by Crippen LogP contribution is 2.17. The van der Waals surface area contributed by atoms with E-state index in [4.69, 9.17) is 9.84 Å². The van der Waals surface area contributed by atoms with Crippen molar-refractivity contribution in [3.05, 3.63) is 58.8 Å². The minimum Gasteiger partial charge on any atom is -0.475 e. The molecule has 1 aromatic carbocycles. The second-order valence-electron chi connectivity index (χ2n) is 7.61.